The third-order valence-electron chi connectivity index (χ3n) is 5.35. The van der Waals surface area contributed by atoms with Gasteiger partial charge in [0.05, 0.1) is 11.6 Å². The predicted molar refractivity (Wildman–Crippen MR) is 98.8 cm³/mol. The highest BCUT2D eigenvalue weighted by molar-refractivity contribution is 5.52. The summed E-state index contributed by atoms with van der Waals surface area (Å²) in [5.41, 5.74) is 1.16. The molecule has 5 nitrogen and oxygen atoms in total. The summed E-state index contributed by atoms with van der Waals surface area (Å²) in [4.78, 5) is 13.5. The summed E-state index contributed by atoms with van der Waals surface area (Å²) < 4.78 is 13.7. The Kier molecular flexibility index (Phi) is 4.46. The molecule has 2 heterocycles. The van der Waals surface area contributed by atoms with E-state index in [1.165, 1.54) is 25.0 Å². The third-order valence-corrected chi connectivity index (χ3v) is 5.35. The van der Waals surface area contributed by atoms with Crippen molar-refractivity contribution in [2.75, 3.05) is 29.9 Å². The van der Waals surface area contributed by atoms with Gasteiger partial charge in [-0.25, -0.2) is 14.4 Å². The summed E-state index contributed by atoms with van der Waals surface area (Å²) in [7, 11) is 2.09. The van der Waals surface area contributed by atoms with Gasteiger partial charge in [-0.1, -0.05) is 0 Å². The maximum atomic E-state index is 13.7. The quantitative estimate of drug-likeness (QED) is 0.844. The lowest BCUT2D eigenvalue weighted by Crippen LogP contribution is -2.44. The number of anilines is 2. The van der Waals surface area contributed by atoms with E-state index in [2.05, 4.69) is 21.8 Å². The summed E-state index contributed by atoms with van der Waals surface area (Å²) in [6.45, 7) is 1.67. The lowest BCUT2D eigenvalue weighted by Gasteiger charge is -2.38. The molecule has 2 aliphatic rings. The fourth-order valence-corrected chi connectivity index (χ4v) is 3.62. The molecule has 0 bridgehead atoms. The van der Waals surface area contributed by atoms with E-state index in [9.17, 15) is 4.39 Å². The molecular formula is C20H22FN5. The average Bonchev–Trinajstić information content (AvgIpc) is 3.52. The van der Waals surface area contributed by atoms with Crippen molar-refractivity contribution in [1.29, 1.82) is 5.26 Å². The zero-order valence-corrected chi connectivity index (χ0v) is 14.9. The number of rotatable bonds is 4. The van der Waals surface area contributed by atoms with E-state index in [0.717, 1.165) is 43.3 Å². The first kappa shape index (κ1) is 16.8. The summed E-state index contributed by atoms with van der Waals surface area (Å²) in [6.07, 6.45) is 6.20. The highest BCUT2D eigenvalue weighted by Crippen LogP contribution is 2.38. The Balaban J connectivity index is 1.42. The normalized spacial score (nSPS) is 17.8. The van der Waals surface area contributed by atoms with E-state index >= 15 is 0 Å². The molecule has 4 rings (SSSR count). The number of hydrogen-bond acceptors (Lipinski definition) is 5. The van der Waals surface area contributed by atoms with E-state index in [1.807, 2.05) is 18.3 Å². The van der Waals surface area contributed by atoms with Crippen LogP contribution in [0.1, 0.15) is 43.0 Å². The zero-order chi connectivity index (χ0) is 18.1. The number of nitriles is 1. The van der Waals surface area contributed by atoms with Crippen LogP contribution in [0.3, 0.4) is 0 Å². The number of aromatic nitrogens is 2. The Morgan fingerprint density at radius 1 is 1.19 bits per heavy atom. The Hall–Kier alpha value is -2.68. The van der Waals surface area contributed by atoms with Crippen molar-refractivity contribution in [2.45, 2.75) is 37.6 Å². The van der Waals surface area contributed by atoms with Crippen LogP contribution in [0.25, 0.3) is 0 Å². The van der Waals surface area contributed by atoms with Crippen molar-refractivity contribution in [2.24, 2.45) is 0 Å². The number of piperidine rings is 1. The molecule has 6 heteroatoms. The first-order valence-electron chi connectivity index (χ1n) is 9.15. The third kappa shape index (κ3) is 3.48. The minimum absolute atomic E-state index is 0.355. The lowest BCUT2D eigenvalue weighted by molar-refractivity contribution is 0.479. The molecule has 1 aliphatic carbocycles. The van der Waals surface area contributed by atoms with E-state index in [4.69, 9.17) is 10.2 Å². The highest BCUT2D eigenvalue weighted by Gasteiger charge is 2.28. The molecule has 0 spiro atoms. The molecule has 0 atom stereocenters. The molecule has 1 aliphatic heterocycles. The Labute approximate surface area is 153 Å². The largest absolute Gasteiger partial charge is 0.371 e. The van der Waals surface area contributed by atoms with Crippen LogP contribution in [0.4, 0.5) is 15.9 Å². The van der Waals surface area contributed by atoms with Crippen molar-refractivity contribution < 1.29 is 4.39 Å². The SMILES string of the molecule is CN(c1ccnc(C2CC2)n1)C1CCN(c2cc(F)cc(C#N)c2)CC1. The van der Waals surface area contributed by atoms with Crippen LogP contribution >= 0.6 is 0 Å². The molecule has 0 N–H and O–H groups in total. The molecule has 2 aromatic rings. The maximum Gasteiger partial charge on any atom is 0.133 e. The molecule has 0 radical (unpaired) electrons. The van der Waals surface area contributed by atoms with Gasteiger partial charge in [-0.3, -0.25) is 0 Å². The molecule has 1 saturated heterocycles. The first-order chi connectivity index (χ1) is 12.6. The Morgan fingerprint density at radius 2 is 1.96 bits per heavy atom. The molecule has 2 fully saturated rings. The summed E-state index contributed by atoms with van der Waals surface area (Å²) in [5, 5.41) is 9.04. The van der Waals surface area contributed by atoms with Crippen LogP contribution in [0.2, 0.25) is 0 Å². The van der Waals surface area contributed by atoms with Crippen molar-refractivity contribution in [1.82, 2.24) is 9.97 Å². The van der Waals surface area contributed by atoms with Gasteiger partial charge in [0.1, 0.15) is 17.5 Å². The summed E-state index contributed by atoms with van der Waals surface area (Å²) in [6, 6.07) is 8.95. The van der Waals surface area contributed by atoms with Crippen molar-refractivity contribution in [3.63, 3.8) is 0 Å². The van der Waals surface area contributed by atoms with E-state index in [-0.39, 0.29) is 5.82 Å². The van der Waals surface area contributed by atoms with Gasteiger partial charge in [0.2, 0.25) is 0 Å². The molecule has 0 unspecified atom stereocenters. The van der Waals surface area contributed by atoms with Crippen molar-refractivity contribution in [3.8, 4) is 6.07 Å². The fourth-order valence-electron chi connectivity index (χ4n) is 3.62. The second-order valence-electron chi connectivity index (χ2n) is 7.19. The van der Waals surface area contributed by atoms with E-state index in [0.29, 0.717) is 17.5 Å². The molecule has 1 aromatic carbocycles. The molecule has 26 heavy (non-hydrogen) atoms. The lowest BCUT2D eigenvalue weighted by atomic mass is 10.0. The Morgan fingerprint density at radius 3 is 2.65 bits per heavy atom. The molecular weight excluding hydrogens is 329 g/mol. The fraction of sp³-hybridized carbons (Fsp3) is 0.450. The van der Waals surface area contributed by atoms with Gasteiger partial charge >= 0.3 is 0 Å². The first-order valence-corrected chi connectivity index (χ1v) is 9.15. The van der Waals surface area contributed by atoms with Gasteiger partial charge < -0.3 is 9.80 Å². The smallest absolute Gasteiger partial charge is 0.133 e. The average molecular weight is 351 g/mol. The number of benzene rings is 1. The molecule has 1 aromatic heterocycles. The zero-order valence-electron chi connectivity index (χ0n) is 14.9. The molecule has 1 saturated carbocycles. The number of halogens is 1. The van der Waals surface area contributed by atoms with Gasteiger partial charge in [-0.15, -0.1) is 0 Å². The van der Waals surface area contributed by atoms with Crippen LogP contribution in [-0.2, 0) is 0 Å². The second-order valence-corrected chi connectivity index (χ2v) is 7.19. The summed E-state index contributed by atoms with van der Waals surface area (Å²) >= 11 is 0. The molecule has 0 amide bonds. The number of nitrogens with zero attached hydrogens (tertiary/aromatic N) is 5. The summed E-state index contributed by atoms with van der Waals surface area (Å²) in [5.74, 6) is 2.15. The van der Waals surface area contributed by atoms with Crippen LogP contribution in [0.5, 0.6) is 0 Å². The minimum atomic E-state index is -0.355. The topological polar surface area (TPSA) is 56.1 Å². The van der Waals surface area contributed by atoms with Crippen LogP contribution in [-0.4, -0.2) is 36.1 Å². The minimum Gasteiger partial charge on any atom is -0.371 e. The van der Waals surface area contributed by atoms with Gasteiger partial charge in [0.15, 0.2) is 0 Å². The van der Waals surface area contributed by atoms with Gasteiger partial charge in [-0.2, -0.15) is 5.26 Å². The number of hydrogen-bond donors (Lipinski definition) is 0. The van der Waals surface area contributed by atoms with Crippen molar-refractivity contribution >= 4 is 11.5 Å². The van der Waals surface area contributed by atoms with E-state index < -0.39 is 0 Å². The van der Waals surface area contributed by atoms with Gasteiger partial charge in [0, 0.05) is 44.0 Å². The van der Waals surface area contributed by atoms with Gasteiger partial charge in [0.25, 0.3) is 0 Å². The van der Waals surface area contributed by atoms with Crippen LogP contribution in [0.15, 0.2) is 30.5 Å². The van der Waals surface area contributed by atoms with Crippen LogP contribution < -0.4 is 9.80 Å². The highest BCUT2D eigenvalue weighted by atomic mass is 19.1. The Bertz CT molecular complexity index is 834. The monoisotopic (exact) mass is 351 g/mol. The van der Waals surface area contributed by atoms with Crippen molar-refractivity contribution in [3.05, 3.63) is 47.7 Å². The molecule has 134 valence electrons. The van der Waals surface area contributed by atoms with Gasteiger partial charge in [-0.05, 0) is 49.9 Å². The second kappa shape index (κ2) is 6.91. The van der Waals surface area contributed by atoms with Crippen LogP contribution in [0, 0.1) is 17.1 Å². The van der Waals surface area contributed by atoms with E-state index in [1.54, 1.807) is 6.07 Å². The predicted octanol–water partition coefficient (Wildman–Crippen LogP) is 3.47. The maximum absolute atomic E-state index is 13.7. The standard InChI is InChI=1S/C20H22FN5/c1-25(19-4-7-23-20(24-19)15-2-3-15)17-5-8-26(9-6-17)18-11-14(13-22)10-16(21)12-18/h4,7,10-12,15,17H,2-3,5-6,8-9H2,1H3.